The molecule has 0 N–H and O–H groups in total. The first-order valence-electron chi connectivity index (χ1n) is 8.23. The summed E-state index contributed by atoms with van der Waals surface area (Å²) in [4.78, 5) is 0. The Kier molecular flexibility index (Phi) is 6.95. The molecule has 27 heavy (non-hydrogen) atoms. The molecule has 0 aliphatic carbocycles. The molecule has 0 fully saturated rings. The monoisotopic (exact) mass is 404 g/mol. The lowest BCUT2D eigenvalue weighted by molar-refractivity contribution is -0.275. The van der Waals surface area contributed by atoms with E-state index in [0.717, 1.165) is 18.9 Å². The fourth-order valence-electron chi connectivity index (χ4n) is 2.18. The molecule has 0 heterocycles. The molecule has 0 amide bonds. The molecule has 0 saturated carbocycles. The lowest BCUT2D eigenvalue weighted by Crippen LogP contribution is -2.17. The van der Waals surface area contributed by atoms with E-state index in [0.29, 0.717) is 6.42 Å². The Hall–Kier alpha value is -2.42. The van der Waals surface area contributed by atoms with Crippen LogP contribution in [0.3, 0.4) is 0 Å². The highest BCUT2D eigenvalue weighted by molar-refractivity contribution is 7.87. The van der Waals surface area contributed by atoms with E-state index < -0.39 is 22.2 Å². The van der Waals surface area contributed by atoms with E-state index in [9.17, 15) is 21.6 Å². The number of rotatable bonds is 9. The van der Waals surface area contributed by atoms with Crippen molar-refractivity contribution in [3.8, 4) is 23.0 Å². The molecule has 9 heteroatoms. The van der Waals surface area contributed by atoms with Gasteiger partial charge in [-0.05, 0) is 30.7 Å². The molecule has 0 spiro atoms. The second-order valence-corrected chi connectivity index (χ2v) is 7.31. The Morgan fingerprint density at radius 3 is 2.26 bits per heavy atom. The third kappa shape index (κ3) is 7.38. The zero-order chi connectivity index (χ0) is 19.9. The van der Waals surface area contributed by atoms with Gasteiger partial charge in [0.15, 0.2) is 11.5 Å². The molecule has 0 unspecified atom stereocenters. The predicted octanol–water partition coefficient (Wildman–Crippen LogP) is 5.28. The van der Waals surface area contributed by atoms with Gasteiger partial charge in [0.2, 0.25) is 0 Å². The molecule has 0 radical (unpaired) electrons. The first kappa shape index (κ1) is 20.9. The van der Waals surface area contributed by atoms with E-state index in [4.69, 9.17) is 8.92 Å². The van der Waals surface area contributed by atoms with Crippen LogP contribution in [0.15, 0.2) is 48.5 Å². The van der Waals surface area contributed by atoms with Crippen LogP contribution in [0, 0.1) is 0 Å². The molecule has 2 rings (SSSR count). The van der Waals surface area contributed by atoms with E-state index in [2.05, 4.69) is 4.74 Å². The summed E-state index contributed by atoms with van der Waals surface area (Å²) < 4.78 is 75.7. The van der Waals surface area contributed by atoms with E-state index in [-0.39, 0.29) is 23.0 Å². The highest BCUT2D eigenvalue weighted by Gasteiger charge is 2.32. The molecule has 0 bridgehead atoms. The van der Waals surface area contributed by atoms with Crippen molar-refractivity contribution >= 4 is 10.1 Å². The number of hydrogen-bond donors (Lipinski definition) is 0. The van der Waals surface area contributed by atoms with Crippen LogP contribution in [0.4, 0.5) is 13.2 Å². The van der Waals surface area contributed by atoms with Crippen LogP contribution in [0.1, 0.15) is 26.2 Å². The van der Waals surface area contributed by atoms with Gasteiger partial charge in [-0.2, -0.15) is 8.42 Å². The van der Waals surface area contributed by atoms with E-state index in [1.54, 1.807) is 0 Å². The molecule has 2 aromatic carbocycles. The van der Waals surface area contributed by atoms with E-state index in [1.807, 2.05) is 6.92 Å². The van der Waals surface area contributed by atoms with Gasteiger partial charge in [0.1, 0.15) is 11.5 Å². The second-order valence-electron chi connectivity index (χ2n) is 5.62. The van der Waals surface area contributed by atoms with Crippen LogP contribution in [0.25, 0.3) is 0 Å². The number of para-hydroxylation sites is 2. The highest BCUT2D eigenvalue weighted by atomic mass is 32.2. The number of benzene rings is 2. The summed E-state index contributed by atoms with van der Waals surface area (Å²) in [5.74, 6) is -0.678. The summed E-state index contributed by atoms with van der Waals surface area (Å²) in [6.07, 6.45) is -2.74. The van der Waals surface area contributed by atoms with Crippen molar-refractivity contribution in [1.82, 2.24) is 0 Å². The maximum atomic E-state index is 12.5. The van der Waals surface area contributed by atoms with Crippen LogP contribution >= 0.6 is 0 Å². The number of hydrogen-bond acceptors (Lipinski definition) is 5. The van der Waals surface area contributed by atoms with Gasteiger partial charge in [0.25, 0.3) is 0 Å². The van der Waals surface area contributed by atoms with Gasteiger partial charge in [-0.3, -0.25) is 0 Å². The van der Waals surface area contributed by atoms with Gasteiger partial charge in [-0.1, -0.05) is 38.0 Å². The average Bonchev–Trinajstić information content (AvgIpc) is 2.55. The minimum atomic E-state index is -4.86. The minimum Gasteiger partial charge on any atom is -0.453 e. The molecule has 0 aromatic heterocycles. The number of ether oxygens (including phenoxy) is 2. The maximum Gasteiger partial charge on any atom is 0.573 e. The zero-order valence-corrected chi connectivity index (χ0v) is 15.3. The van der Waals surface area contributed by atoms with Crippen LogP contribution in [-0.4, -0.2) is 20.5 Å². The summed E-state index contributed by atoms with van der Waals surface area (Å²) in [7, 11) is -3.76. The topological polar surface area (TPSA) is 61.8 Å². The van der Waals surface area contributed by atoms with Gasteiger partial charge >= 0.3 is 16.5 Å². The first-order valence-corrected chi connectivity index (χ1v) is 9.81. The molecular weight excluding hydrogens is 385 g/mol. The maximum absolute atomic E-state index is 12.5. The number of halogens is 3. The summed E-state index contributed by atoms with van der Waals surface area (Å²) in [6.45, 7) is 1.95. The van der Waals surface area contributed by atoms with Crippen molar-refractivity contribution < 1.29 is 35.2 Å². The molecule has 5 nitrogen and oxygen atoms in total. The molecule has 0 saturated heterocycles. The lowest BCUT2D eigenvalue weighted by atomic mass is 10.3. The van der Waals surface area contributed by atoms with Crippen molar-refractivity contribution in [2.24, 2.45) is 0 Å². The molecule has 148 valence electrons. The van der Waals surface area contributed by atoms with E-state index >= 15 is 0 Å². The third-order valence-electron chi connectivity index (χ3n) is 3.33. The van der Waals surface area contributed by atoms with Crippen LogP contribution in [0.2, 0.25) is 0 Å². The van der Waals surface area contributed by atoms with Crippen molar-refractivity contribution in [2.75, 3.05) is 5.75 Å². The average molecular weight is 404 g/mol. The summed E-state index contributed by atoms with van der Waals surface area (Å²) in [6, 6.07) is 10.9. The quantitative estimate of drug-likeness (QED) is 0.421. The second kappa shape index (κ2) is 8.98. The predicted molar refractivity (Wildman–Crippen MR) is 93.6 cm³/mol. The summed E-state index contributed by atoms with van der Waals surface area (Å²) >= 11 is 0. The highest BCUT2D eigenvalue weighted by Crippen LogP contribution is 2.35. The van der Waals surface area contributed by atoms with Crippen molar-refractivity contribution in [2.45, 2.75) is 32.5 Å². The van der Waals surface area contributed by atoms with E-state index in [1.165, 1.54) is 42.5 Å². The Balaban J connectivity index is 2.13. The van der Waals surface area contributed by atoms with Crippen LogP contribution in [0.5, 0.6) is 23.0 Å². The Labute approximate surface area is 155 Å². The van der Waals surface area contributed by atoms with Gasteiger partial charge in [0, 0.05) is 6.07 Å². The smallest absolute Gasteiger partial charge is 0.453 e. The molecule has 2 aromatic rings. The number of unbranched alkanes of at least 4 members (excludes halogenated alkanes) is 2. The molecule has 0 aliphatic heterocycles. The van der Waals surface area contributed by atoms with Gasteiger partial charge < -0.3 is 13.7 Å². The fourth-order valence-corrected chi connectivity index (χ4v) is 3.22. The SMILES string of the molecule is CCCCCS(=O)(=O)Oc1cccc(Oc2ccccc2OC(F)(F)F)c1. The largest absolute Gasteiger partial charge is 0.573 e. The number of alkyl halides is 3. The third-order valence-corrected chi connectivity index (χ3v) is 4.56. The van der Waals surface area contributed by atoms with Crippen molar-refractivity contribution in [1.29, 1.82) is 0 Å². The Morgan fingerprint density at radius 1 is 0.926 bits per heavy atom. The zero-order valence-electron chi connectivity index (χ0n) is 14.5. The summed E-state index contributed by atoms with van der Waals surface area (Å²) in [5.41, 5.74) is 0. The lowest BCUT2D eigenvalue weighted by Gasteiger charge is -2.14. The Bertz CT molecular complexity index is 850. The van der Waals surface area contributed by atoms with Crippen molar-refractivity contribution in [3.63, 3.8) is 0 Å². The van der Waals surface area contributed by atoms with Gasteiger partial charge in [-0.15, -0.1) is 13.2 Å². The van der Waals surface area contributed by atoms with Crippen molar-refractivity contribution in [3.05, 3.63) is 48.5 Å². The fraction of sp³-hybridized carbons (Fsp3) is 0.333. The van der Waals surface area contributed by atoms with Gasteiger partial charge in [0.05, 0.1) is 5.75 Å². The normalized spacial score (nSPS) is 11.9. The Morgan fingerprint density at radius 2 is 1.59 bits per heavy atom. The van der Waals surface area contributed by atoms with Crippen LogP contribution < -0.4 is 13.7 Å². The molecule has 0 atom stereocenters. The molecular formula is C18H19F3O5S. The van der Waals surface area contributed by atoms with Crippen LogP contribution in [-0.2, 0) is 10.1 Å². The molecule has 0 aliphatic rings. The standard InChI is InChI=1S/C18H19F3O5S/c1-2-3-6-12-27(22,23)26-15-9-7-8-14(13-15)24-16-10-4-5-11-17(16)25-18(19,20)21/h4-5,7-11,13H,2-3,6,12H2,1H3. The summed E-state index contributed by atoms with van der Waals surface area (Å²) in [5, 5.41) is 0. The van der Waals surface area contributed by atoms with Gasteiger partial charge in [-0.25, -0.2) is 0 Å². The first-order chi connectivity index (χ1) is 12.7. The minimum absolute atomic E-state index is 0.0122.